The number of ether oxygens (including phenoxy) is 1. The molecule has 1 aliphatic rings. The summed E-state index contributed by atoms with van der Waals surface area (Å²) >= 11 is 0. The number of hydrogen-bond acceptors (Lipinski definition) is 3. The molecule has 0 aromatic heterocycles. The zero-order valence-electron chi connectivity index (χ0n) is 17.2. The molecule has 0 saturated heterocycles. The minimum absolute atomic E-state index is 0.0299. The standard InChI is InChI=1S/C24H29NO4/c1-15(2)22(29-14-17-4-6-19(7-5-17)20-10-11-20)23(26)25-16(3)18-8-12-21(13-9-18)24(27)28/h4-9,12-13,15-16,20,22H,10-11,14H2,1-3H3,(H,25,26)(H,27,28). The Bertz CT molecular complexity index is 838. The number of nitrogens with one attached hydrogen (secondary N) is 1. The van der Waals surface area contributed by atoms with Gasteiger partial charge in [0.1, 0.15) is 6.10 Å². The molecule has 0 bridgehead atoms. The second-order valence-corrected chi connectivity index (χ2v) is 8.15. The number of aromatic carboxylic acids is 1. The highest BCUT2D eigenvalue weighted by molar-refractivity contribution is 5.87. The summed E-state index contributed by atoms with van der Waals surface area (Å²) in [5, 5.41) is 12.0. The monoisotopic (exact) mass is 395 g/mol. The summed E-state index contributed by atoms with van der Waals surface area (Å²) in [5.74, 6) is -0.372. The van der Waals surface area contributed by atoms with Crippen LogP contribution in [-0.2, 0) is 16.1 Å². The first-order valence-electron chi connectivity index (χ1n) is 10.2. The van der Waals surface area contributed by atoms with E-state index in [1.165, 1.54) is 18.4 Å². The van der Waals surface area contributed by atoms with Crippen LogP contribution in [0.25, 0.3) is 0 Å². The molecule has 5 nitrogen and oxygen atoms in total. The minimum atomic E-state index is -0.966. The third-order valence-electron chi connectivity index (χ3n) is 5.34. The Morgan fingerprint density at radius 1 is 1.03 bits per heavy atom. The predicted molar refractivity (Wildman–Crippen MR) is 112 cm³/mol. The maximum atomic E-state index is 12.8. The molecule has 0 spiro atoms. The van der Waals surface area contributed by atoms with Crippen molar-refractivity contribution in [3.8, 4) is 0 Å². The van der Waals surface area contributed by atoms with Gasteiger partial charge in [0, 0.05) is 0 Å². The predicted octanol–water partition coefficient (Wildman–Crippen LogP) is 4.68. The van der Waals surface area contributed by atoms with Gasteiger partial charge in [-0.3, -0.25) is 4.79 Å². The molecular weight excluding hydrogens is 366 g/mol. The average molecular weight is 395 g/mol. The van der Waals surface area contributed by atoms with Crippen LogP contribution in [0, 0.1) is 5.92 Å². The first-order chi connectivity index (χ1) is 13.8. The molecule has 2 atom stereocenters. The zero-order chi connectivity index (χ0) is 21.0. The van der Waals surface area contributed by atoms with Crippen molar-refractivity contribution >= 4 is 11.9 Å². The van der Waals surface area contributed by atoms with Gasteiger partial charge in [-0.25, -0.2) is 4.79 Å². The van der Waals surface area contributed by atoms with E-state index < -0.39 is 12.1 Å². The van der Waals surface area contributed by atoms with Crippen molar-refractivity contribution in [2.24, 2.45) is 5.92 Å². The maximum absolute atomic E-state index is 12.8. The molecule has 3 rings (SSSR count). The van der Waals surface area contributed by atoms with Gasteiger partial charge in [0.15, 0.2) is 0 Å². The summed E-state index contributed by atoms with van der Waals surface area (Å²) in [5.41, 5.74) is 3.52. The molecule has 2 unspecified atom stereocenters. The molecular formula is C24H29NO4. The Hall–Kier alpha value is -2.66. The van der Waals surface area contributed by atoms with Crippen molar-refractivity contribution in [1.29, 1.82) is 0 Å². The zero-order valence-corrected chi connectivity index (χ0v) is 17.2. The van der Waals surface area contributed by atoms with E-state index in [2.05, 4.69) is 29.6 Å². The minimum Gasteiger partial charge on any atom is -0.478 e. The number of carbonyl (C=O) groups excluding carboxylic acids is 1. The number of carboxylic acid groups (broad SMARTS) is 1. The first-order valence-corrected chi connectivity index (χ1v) is 10.2. The Kier molecular flexibility index (Phi) is 6.70. The van der Waals surface area contributed by atoms with E-state index >= 15 is 0 Å². The second-order valence-electron chi connectivity index (χ2n) is 8.15. The number of carbonyl (C=O) groups is 2. The van der Waals surface area contributed by atoms with Crippen molar-refractivity contribution in [3.63, 3.8) is 0 Å². The van der Waals surface area contributed by atoms with Crippen LogP contribution in [0.4, 0.5) is 0 Å². The highest BCUT2D eigenvalue weighted by Crippen LogP contribution is 2.39. The molecule has 1 fully saturated rings. The SMILES string of the molecule is CC(NC(=O)C(OCc1ccc(C2CC2)cc1)C(C)C)c1ccc(C(=O)O)cc1. The molecule has 5 heteroatoms. The molecule has 2 N–H and O–H groups in total. The normalized spacial score (nSPS) is 15.7. The molecule has 2 aromatic rings. The largest absolute Gasteiger partial charge is 0.478 e. The highest BCUT2D eigenvalue weighted by Gasteiger charge is 2.25. The summed E-state index contributed by atoms with van der Waals surface area (Å²) in [6.45, 7) is 6.20. The summed E-state index contributed by atoms with van der Waals surface area (Å²) in [7, 11) is 0. The Balaban J connectivity index is 1.57. The summed E-state index contributed by atoms with van der Waals surface area (Å²) < 4.78 is 5.96. The maximum Gasteiger partial charge on any atom is 0.335 e. The van der Waals surface area contributed by atoms with Gasteiger partial charge < -0.3 is 15.2 Å². The second kappa shape index (κ2) is 9.23. The van der Waals surface area contributed by atoms with Gasteiger partial charge in [-0.05, 0) is 60.4 Å². The van der Waals surface area contributed by atoms with Crippen molar-refractivity contribution in [2.75, 3.05) is 0 Å². The number of hydrogen-bond donors (Lipinski definition) is 2. The third-order valence-corrected chi connectivity index (χ3v) is 5.34. The van der Waals surface area contributed by atoms with Crippen molar-refractivity contribution < 1.29 is 19.4 Å². The van der Waals surface area contributed by atoms with Gasteiger partial charge in [-0.2, -0.15) is 0 Å². The number of benzene rings is 2. The smallest absolute Gasteiger partial charge is 0.335 e. The molecule has 0 heterocycles. The van der Waals surface area contributed by atoms with Crippen LogP contribution in [0.15, 0.2) is 48.5 Å². The van der Waals surface area contributed by atoms with E-state index in [9.17, 15) is 9.59 Å². The van der Waals surface area contributed by atoms with Gasteiger partial charge >= 0.3 is 5.97 Å². The van der Waals surface area contributed by atoms with Gasteiger partial charge in [0.2, 0.25) is 5.91 Å². The number of amides is 1. The van der Waals surface area contributed by atoms with E-state index in [4.69, 9.17) is 9.84 Å². The van der Waals surface area contributed by atoms with E-state index in [1.807, 2.05) is 20.8 Å². The van der Waals surface area contributed by atoms with Gasteiger partial charge in [-0.1, -0.05) is 50.2 Å². The van der Waals surface area contributed by atoms with Crippen LogP contribution in [0.5, 0.6) is 0 Å². The van der Waals surface area contributed by atoms with Crippen LogP contribution >= 0.6 is 0 Å². The number of rotatable bonds is 9. The molecule has 0 aliphatic heterocycles. The fourth-order valence-corrected chi connectivity index (χ4v) is 3.35. The Labute approximate surface area is 172 Å². The molecule has 0 radical (unpaired) electrons. The molecule has 1 amide bonds. The topological polar surface area (TPSA) is 75.6 Å². The van der Waals surface area contributed by atoms with E-state index in [1.54, 1.807) is 24.3 Å². The van der Waals surface area contributed by atoms with E-state index in [0.717, 1.165) is 17.0 Å². The molecule has 1 aliphatic carbocycles. The Morgan fingerprint density at radius 3 is 2.17 bits per heavy atom. The molecule has 1 saturated carbocycles. The summed E-state index contributed by atoms with van der Waals surface area (Å²) in [4.78, 5) is 23.8. The lowest BCUT2D eigenvalue weighted by Gasteiger charge is -2.23. The van der Waals surface area contributed by atoms with Crippen LogP contribution in [0.3, 0.4) is 0 Å². The quantitative estimate of drug-likeness (QED) is 0.646. The fraction of sp³-hybridized carbons (Fsp3) is 0.417. The van der Waals surface area contributed by atoms with Crippen molar-refractivity contribution in [2.45, 2.75) is 58.3 Å². The highest BCUT2D eigenvalue weighted by atomic mass is 16.5. The molecule has 154 valence electrons. The summed E-state index contributed by atoms with van der Waals surface area (Å²) in [6, 6.07) is 14.8. The van der Waals surface area contributed by atoms with E-state index in [0.29, 0.717) is 6.61 Å². The number of carboxylic acids is 1. The van der Waals surface area contributed by atoms with Crippen molar-refractivity contribution in [3.05, 3.63) is 70.8 Å². The van der Waals surface area contributed by atoms with Gasteiger partial charge in [0.25, 0.3) is 0 Å². The summed E-state index contributed by atoms with van der Waals surface area (Å²) in [6.07, 6.45) is 2.00. The lowest BCUT2D eigenvalue weighted by atomic mass is 10.0. The third kappa shape index (κ3) is 5.67. The van der Waals surface area contributed by atoms with Crippen LogP contribution in [0.2, 0.25) is 0 Å². The molecule has 2 aromatic carbocycles. The lowest BCUT2D eigenvalue weighted by molar-refractivity contribution is -0.137. The average Bonchev–Trinajstić information content (AvgIpc) is 3.53. The van der Waals surface area contributed by atoms with Crippen molar-refractivity contribution in [1.82, 2.24) is 5.32 Å². The van der Waals surface area contributed by atoms with E-state index in [-0.39, 0.29) is 23.4 Å². The van der Waals surface area contributed by atoms with Crippen LogP contribution < -0.4 is 5.32 Å². The molecule has 29 heavy (non-hydrogen) atoms. The van der Waals surface area contributed by atoms with Gasteiger partial charge in [0.05, 0.1) is 18.2 Å². The lowest BCUT2D eigenvalue weighted by Crippen LogP contribution is -2.40. The van der Waals surface area contributed by atoms with Gasteiger partial charge in [-0.15, -0.1) is 0 Å². The van der Waals surface area contributed by atoms with Crippen LogP contribution in [-0.4, -0.2) is 23.1 Å². The Morgan fingerprint density at radius 2 is 1.66 bits per heavy atom. The van der Waals surface area contributed by atoms with Crippen LogP contribution in [0.1, 0.15) is 72.6 Å². The first kappa shape index (κ1) is 21.1. The fourth-order valence-electron chi connectivity index (χ4n) is 3.35.